The fourth-order valence-electron chi connectivity index (χ4n) is 2.41. The highest BCUT2D eigenvalue weighted by Gasteiger charge is 2.19. The highest BCUT2D eigenvalue weighted by atomic mass is 32.2. The lowest BCUT2D eigenvalue weighted by atomic mass is 10.1. The van der Waals surface area contributed by atoms with Crippen LogP contribution in [-0.4, -0.2) is 45.1 Å². The molecule has 0 aliphatic carbocycles. The lowest BCUT2D eigenvalue weighted by molar-refractivity contribution is -0.135. The molecule has 1 unspecified atom stereocenters. The molecule has 7 nitrogen and oxygen atoms in total. The van der Waals surface area contributed by atoms with E-state index in [1.807, 2.05) is 37.3 Å². The van der Waals surface area contributed by atoms with Gasteiger partial charge in [-0.1, -0.05) is 36.4 Å². The Balaban J connectivity index is 1.96. The van der Waals surface area contributed by atoms with Gasteiger partial charge < -0.3 is 9.64 Å². The molecule has 2 rings (SSSR count). The molecular weight excluding hydrogens is 368 g/mol. The molecule has 0 aliphatic heterocycles. The molecule has 144 valence electrons. The highest BCUT2D eigenvalue weighted by Crippen LogP contribution is 2.18. The number of carbonyl (C=O) groups excluding carboxylic acids is 2. The Kier molecular flexibility index (Phi) is 6.57. The van der Waals surface area contributed by atoms with Crippen molar-refractivity contribution in [2.45, 2.75) is 13.0 Å². The van der Waals surface area contributed by atoms with Crippen molar-refractivity contribution in [2.24, 2.45) is 0 Å². The predicted octanol–water partition coefficient (Wildman–Crippen LogP) is 2.43. The molecular formula is C19H22N2O5S. The van der Waals surface area contributed by atoms with Crippen molar-refractivity contribution in [1.29, 1.82) is 0 Å². The number of nitrogens with zero attached hydrogens (tertiary/aromatic N) is 1. The van der Waals surface area contributed by atoms with Gasteiger partial charge in [0.15, 0.2) is 6.61 Å². The number of sulfonamides is 1. The molecule has 1 amide bonds. The van der Waals surface area contributed by atoms with Gasteiger partial charge in [-0.25, -0.2) is 13.2 Å². The third-order valence-corrected chi connectivity index (χ3v) is 4.59. The van der Waals surface area contributed by atoms with Crippen molar-refractivity contribution in [1.82, 2.24) is 4.90 Å². The summed E-state index contributed by atoms with van der Waals surface area (Å²) in [5, 5.41) is 0. The SMILES string of the molecule is CC(c1ccccc1)N(C)C(=O)COC(=O)c1cccc(NS(C)(=O)=O)c1. The molecule has 0 fully saturated rings. The standard InChI is InChI=1S/C19H22N2O5S/c1-14(15-8-5-4-6-9-15)21(2)18(22)13-26-19(23)16-10-7-11-17(12-16)20-27(3,24)25/h4-12,14,20H,13H2,1-3H3. The summed E-state index contributed by atoms with van der Waals surface area (Å²) in [6, 6.07) is 15.2. The summed E-state index contributed by atoms with van der Waals surface area (Å²) in [6.45, 7) is 1.48. The monoisotopic (exact) mass is 390 g/mol. The quantitative estimate of drug-likeness (QED) is 0.733. The Hall–Kier alpha value is -2.87. The van der Waals surface area contributed by atoms with Gasteiger partial charge in [0.2, 0.25) is 10.0 Å². The summed E-state index contributed by atoms with van der Waals surface area (Å²) in [5.41, 5.74) is 1.36. The maximum Gasteiger partial charge on any atom is 0.338 e. The van der Waals surface area contributed by atoms with Crippen LogP contribution in [0.4, 0.5) is 5.69 Å². The van der Waals surface area contributed by atoms with E-state index < -0.39 is 22.6 Å². The van der Waals surface area contributed by atoms with Gasteiger partial charge in [0.05, 0.1) is 17.9 Å². The van der Waals surface area contributed by atoms with Gasteiger partial charge in [-0.2, -0.15) is 0 Å². The number of ether oxygens (including phenoxy) is 1. The van der Waals surface area contributed by atoms with Crippen LogP contribution in [0, 0.1) is 0 Å². The molecule has 0 saturated heterocycles. The number of anilines is 1. The van der Waals surface area contributed by atoms with Crippen LogP contribution in [0.25, 0.3) is 0 Å². The molecule has 0 bridgehead atoms. The first-order valence-corrected chi connectivity index (χ1v) is 10.1. The second kappa shape index (κ2) is 8.68. The third kappa shape index (κ3) is 6.10. The number of carbonyl (C=O) groups is 2. The maximum absolute atomic E-state index is 12.3. The van der Waals surface area contributed by atoms with Crippen molar-refractivity contribution in [3.63, 3.8) is 0 Å². The fraction of sp³-hybridized carbons (Fsp3) is 0.263. The molecule has 0 aliphatic rings. The number of rotatable bonds is 7. The van der Waals surface area contributed by atoms with Crippen molar-refractivity contribution in [3.8, 4) is 0 Å². The van der Waals surface area contributed by atoms with E-state index in [0.717, 1.165) is 11.8 Å². The molecule has 1 atom stereocenters. The molecule has 0 saturated carbocycles. The first-order valence-electron chi connectivity index (χ1n) is 8.23. The van der Waals surface area contributed by atoms with Crippen molar-refractivity contribution >= 4 is 27.6 Å². The molecule has 8 heteroatoms. The van der Waals surface area contributed by atoms with Crippen LogP contribution >= 0.6 is 0 Å². The van der Waals surface area contributed by atoms with Gasteiger partial charge in [-0.15, -0.1) is 0 Å². The number of esters is 1. The molecule has 0 heterocycles. The number of nitrogens with one attached hydrogen (secondary N) is 1. The number of likely N-dealkylation sites (N-methyl/N-ethyl adjacent to an activating group) is 1. The van der Waals surface area contributed by atoms with Crippen LogP contribution in [0.15, 0.2) is 54.6 Å². The minimum Gasteiger partial charge on any atom is -0.452 e. The lowest BCUT2D eigenvalue weighted by Crippen LogP contribution is -2.33. The van der Waals surface area contributed by atoms with E-state index in [1.165, 1.54) is 29.2 Å². The van der Waals surface area contributed by atoms with E-state index in [-0.39, 0.29) is 23.2 Å². The van der Waals surface area contributed by atoms with Crippen LogP contribution in [0.5, 0.6) is 0 Å². The largest absolute Gasteiger partial charge is 0.452 e. The summed E-state index contributed by atoms with van der Waals surface area (Å²) in [5.74, 6) is -1.05. The normalized spacial score (nSPS) is 12.1. The van der Waals surface area contributed by atoms with E-state index in [2.05, 4.69) is 4.72 Å². The Bertz CT molecular complexity index is 913. The highest BCUT2D eigenvalue weighted by molar-refractivity contribution is 7.92. The van der Waals surface area contributed by atoms with Crippen LogP contribution in [0.2, 0.25) is 0 Å². The smallest absolute Gasteiger partial charge is 0.338 e. The van der Waals surface area contributed by atoms with Crippen molar-refractivity contribution in [3.05, 3.63) is 65.7 Å². The fourth-order valence-corrected chi connectivity index (χ4v) is 2.96. The van der Waals surface area contributed by atoms with Crippen molar-refractivity contribution < 1.29 is 22.7 Å². The Morgan fingerprint density at radius 2 is 1.78 bits per heavy atom. The second-order valence-corrected chi connectivity index (χ2v) is 7.87. The summed E-state index contributed by atoms with van der Waals surface area (Å²) < 4.78 is 29.9. The average molecular weight is 390 g/mol. The van der Waals surface area contributed by atoms with Crippen LogP contribution < -0.4 is 4.72 Å². The maximum atomic E-state index is 12.3. The zero-order valence-electron chi connectivity index (χ0n) is 15.4. The zero-order valence-corrected chi connectivity index (χ0v) is 16.2. The topological polar surface area (TPSA) is 92.8 Å². The van der Waals surface area contributed by atoms with Crippen LogP contribution in [0.3, 0.4) is 0 Å². The first-order chi connectivity index (χ1) is 12.7. The minimum atomic E-state index is -3.46. The Morgan fingerprint density at radius 3 is 2.41 bits per heavy atom. The molecule has 0 aromatic heterocycles. The Morgan fingerprint density at radius 1 is 1.11 bits per heavy atom. The van der Waals surface area contributed by atoms with E-state index in [1.54, 1.807) is 7.05 Å². The molecule has 2 aromatic rings. The summed E-state index contributed by atoms with van der Waals surface area (Å²) in [6.07, 6.45) is 1.01. The third-order valence-electron chi connectivity index (χ3n) is 3.98. The van der Waals surface area contributed by atoms with Gasteiger partial charge >= 0.3 is 5.97 Å². The van der Waals surface area contributed by atoms with Gasteiger partial charge in [0.25, 0.3) is 5.91 Å². The van der Waals surface area contributed by atoms with Gasteiger partial charge in [-0.05, 0) is 30.7 Å². The number of hydrogen-bond donors (Lipinski definition) is 1. The van der Waals surface area contributed by atoms with Crippen LogP contribution in [0.1, 0.15) is 28.9 Å². The lowest BCUT2D eigenvalue weighted by Gasteiger charge is -2.25. The Labute approximate surface area is 159 Å². The summed E-state index contributed by atoms with van der Waals surface area (Å²) in [4.78, 5) is 26.0. The van der Waals surface area contributed by atoms with E-state index in [4.69, 9.17) is 4.74 Å². The molecule has 0 spiro atoms. The molecule has 0 radical (unpaired) electrons. The first kappa shape index (κ1) is 20.4. The molecule has 1 N–H and O–H groups in total. The summed E-state index contributed by atoms with van der Waals surface area (Å²) >= 11 is 0. The van der Waals surface area contributed by atoms with E-state index in [9.17, 15) is 18.0 Å². The number of hydrogen-bond acceptors (Lipinski definition) is 5. The van der Waals surface area contributed by atoms with Gasteiger partial charge in [0.1, 0.15) is 0 Å². The molecule has 27 heavy (non-hydrogen) atoms. The average Bonchev–Trinajstić information content (AvgIpc) is 2.64. The second-order valence-electron chi connectivity index (χ2n) is 6.12. The number of benzene rings is 2. The predicted molar refractivity (Wildman–Crippen MR) is 103 cm³/mol. The van der Waals surface area contributed by atoms with E-state index in [0.29, 0.717) is 0 Å². The van der Waals surface area contributed by atoms with Gasteiger partial charge in [-0.3, -0.25) is 9.52 Å². The van der Waals surface area contributed by atoms with E-state index >= 15 is 0 Å². The van der Waals surface area contributed by atoms with Crippen LogP contribution in [-0.2, 0) is 19.6 Å². The van der Waals surface area contributed by atoms with Crippen molar-refractivity contribution in [2.75, 3.05) is 24.6 Å². The zero-order chi connectivity index (χ0) is 20.0. The van der Waals surface area contributed by atoms with Gasteiger partial charge in [0, 0.05) is 12.7 Å². The summed E-state index contributed by atoms with van der Waals surface area (Å²) in [7, 11) is -1.81. The minimum absolute atomic E-state index is 0.148. The molecule has 2 aromatic carbocycles. The number of amides is 1.